The van der Waals surface area contributed by atoms with E-state index in [1.54, 1.807) is 11.3 Å². The molecule has 0 radical (unpaired) electrons. The molecule has 0 unspecified atom stereocenters. The maximum atomic E-state index is 12.8. The molecule has 2 atom stereocenters. The molecule has 2 aromatic carbocycles. The first-order chi connectivity index (χ1) is 14.7. The summed E-state index contributed by atoms with van der Waals surface area (Å²) in [6.45, 7) is 2.50. The second-order valence-corrected chi connectivity index (χ2v) is 10.1. The highest BCUT2D eigenvalue weighted by Gasteiger charge is 2.46. The van der Waals surface area contributed by atoms with Crippen LogP contribution in [0.15, 0.2) is 58.9 Å². The van der Waals surface area contributed by atoms with E-state index in [1.807, 2.05) is 46.2 Å². The van der Waals surface area contributed by atoms with Gasteiger partial charge in [0.1, 0.15) is 0 Å². The molecule has 1 aliphatic carbocycles. The van der Waals surface area contributed by atoms with Crippen LogP contribution in [0.4, 0.5) is 0 Å². The number of amides is 2. The summed E-state index contributed by atoms with van der Waals surface area (Å²) in [5.74, 6) is 1.25. The van der Waals surface area contributed by atoms with Crippen molar-refractivity contribution < 1.29 is 9.59 Å². The topological polar surface area (TPSA) is 53.5 Å². The summed E-state index contributed by atoms with van der Waals surface area (Å²) in [7, 11) is 0. The van der Waals surface area contributed by atoms with Gasteiger partial charge in [0, 0.05) is 32.1 Å². The fourth-order valence-corrected chi connectivity index (χ4v) is 6.05. The van der Waals surface area contributed by atoms with Crippen LogP contribution < -0.4 is 0 Å². The van der Waals surface area contributed by atoms with Gasteiger partial charge >= 0.3 is 0 Å². The lowest BCUT2D eigenvalue weighted by Gasteiger charge is -2.35. The molecule has 3 aromatic rings. The number of aromatic nitrogens is 1. The van der Waals surface area contributed by atoms with Gasteiger partial charge in [0.2, 0.25) is 11.8 Å². The molecule has 7 heteroatoms. The molecule has 1 saturated carbocycles. The van der Waals surface area contributed by atoms with Crippen LogP contribution in [0.5, 0.6) is 0 Å². The van der Waals surface area contributed by atoms with Gasteiger partial charge in [-0.15, -0.1) is 11.3 Å². The van der Waals surface area contributed by atoms with Gasteiger partial charge in [-0.05, 0) is 30.0 Å². The van der Waals surface area contributed by atoms with Crippen molar-refractivity contribution in [2.75, 3.05) is 31.9 Å². The van der Waals surface area contributed by atoms with Crippen LogP contribution in [-0.2, 0) is 9.59 Å². The lowest BCUT2D eigenvalue weighted by molar-refractivity contribution is -0.139. The lowest BCUT2D eigenvalue weighted by atomic mass is 10.1. The van der Waals surface area contributed by atoms with Gasteiger partial charge in [-0.25, -0.2) is 4.98 Å². The zero-order valence-corrected chi connectivity index (χ0v) is 18.2. The number of rotatable bonds is 5. The van der Waals surface area contributed by atoms with Crippen LogP contribution in [0.3, 0.4) is 0 Å². The van der Waals surface area contributed by atoms with E-state index < -0.39 is 0 Å². The Morgan fingerprint density at radius 3 is 2.43 bits per heavy atom. The summed E-state index contributed by atoms with van der Waals surface area (Å²) >= 11 is 3.13. The first-order valence-electron chi connectivity index (χ1n) is 10.3. The summed E-state index contributed by atoms with van der Waals surface area (Å²) in [6, 6.07) is 18.3. The molecular weight excluding hydrogens is 414 g/mol. The molecule has 0 N–H and O–H groups in total. The third-order valence-electron chi connectivity index (χ3n) is 5.87. The molecule has 1 saturated heterocycles. The average molecular weight is 438 g/mol. The van der Waals surface area contributed by atoms with Crippen LogP contribution in [0.25, 0.3) is 10.2 Å². The SMILES string of the molecule is O=C(CSc1nc2ccccc2s1)N1CCN(C(=O)[C@@H]2C[C@@H]2c2ccccc2)CC1. The molecule has 2 amide bonds. The van der Waals surface area contributed by atoms with E-state index >= 15 is 0 Å². The average Bonchev–Trinajstić information content (AvgIpc) is 3.49. The van der Waals surface area contributed by atoms with Gasteiger partial charge in [0.05, 0.1) is 16.0 Å². The first-order valence-corrected chi connectivity index (χ1v) is 12.1. The van der Waals surface area contributed by atoms with Crippen molar-refractivity contribution in [2.24, 2.45) is 5.92 Å². The predicted molar refractivity (Wildman–Crippen MR) is 121 cm³/mol. The third-order valence-corrected chi connectivity index (χ3v) is 8.04. The van der Waals surface area contributed by atoms with Crippen LogP contribution >= 0.6 is 23.1 Å². The Morgan fingerprint density at radius 2 is 1.67 bits per heavy atom. The first kappa shape index (κ1) is 19.6. The van der Waals surface area contributed by atoms with E-state index in [9.17, 15) is 9.59 Å². The molecule has 1 aromatic heterocycles. The summed E-state index contributed by atoms with van der Waals surface area (Å²) in [6.07, 6.45) is 0.945. The van der Waals surface area contributed by atoms with Gasteiger partial charge in [-0.3, -0.25) is 9.59 Å². The molecule has 0 spiro atoms. The number of thioether (sulfide) groups is 1. The zero-order chi connectivity index (χ0) is 20.5. The summed E-state index contributed by atoms with van der Waals surface area (Å²) in [5, 5.41) is 0. The van der Waals surface area contributed by atoms with Gasteiger partial charge in [-0.1, -0.05) is 54.2 Å². The van der Waals surface area contributed by atoms with E-state index in [0.29, 0.717) is 37.8 Å². The molecule has 2 aliphatic rings. The van der Waals surface area contributed by atoms with E-state index in [0.717, 1.165) is 21.0 Å². The Labute approximate surface area is 184 Å². The minimum absolute atomic E-state index is 0.115. The maximum Gasteiger partial charge on any atom is 0.233 e. The van der Waals surface area contributed by atoms with Gasteiger partial charge in [0.25, 0.3) is 0 Å². The molecule has 0 bridgehead atoms. The van der Waals surface area contributed by atoms with Crippen molar-refractivity contribution in [1.82, 2.24) is 14.8 Å². The lowest BCUT2D eigenvalue weighted by Crippen LogP contribution is -2.51. The van der Waals surface area contributed by atoms with E-state index in [2.05, 4.69) is 23.2 Å². The third kappa shape index (κ3) is 4.09. The Bertz CT molecular complexity index is 1030. The number of fused-ring (bicyclic) bond motifs is 1. The Hall–Kier alpha value is -2.38. The molecule has 2 fully saturated rings. The fraction of sp³-hybridized carbons (Fsp3) is 0.348. The second-order valence-electron chi connectivity index (χ2n) is 7.80. The van der Waals surface area contributed by atoms with Crippen LogP contribution in [0, 0.1) is 5.92 Å². The molecule has 154 valence electrons. The highest BCUT2D eigenvalue weighted by Crippen LogP contribution is 2.48. The van der Waals surface area contributed by atoms with Crippen molar-refractivity contribution in [2.45, 2.75) is 16.7 Å². The number of nitrogens with zero attached hydrogens (tertiary/aromatic N) is 3. The predicted octanol–water partition coefficient (Wildman–Crippen LogP) is 3.86. The van der Waals surface area contributed by atoms with Crippen molar-refractivity contribution in [1.29, 1.82) is 0 Å². The number of benzene rings is 2. The largest absolute Gasteiger partial charge is 0.339 e. The molecular formula is C23H23N3O2S2. The molecule has 2 heterocycles. The number of carbonyl (C=O) groups excluding carboxylic acids is 2. The van der Waals surface area contributed by atoms with E-state index in [1.165, 1.54) is 17.3 Å². The summed E-state index contributed by atoms with van der Waals surface area (Å²) in [5.41, 5.74) is 2.25. The van der Waals surface area contributed by atoms with Gasteiger partial charge in [-0.2, -0.15) is 0 Å². The number of thiazole rings is 1. The smallest absolute Gasteiger partial charge is 0.233 e. The van der Waals surface area contributed by atoms with E-state index in [4.69, 9.17) is 0 Å². The van der Waals surface area contributed by atoms with Crippen molar-refractivity contribution in [3.05, 3.63) is 60.2 Å². The van der Waals surface area contributed by atoms with E-state index in [-0.39, 0.29) is 17.7 Å². The molecule has 30 heavy (non-hydrogen) atoms. The minimum Gasteiger partial charge on any atom is -0.339 e. The molecule has 1 aliphatic heterocycles. The standard InChI is InChI=1S/C23H23N3O2S2/c27-21(15-29-23-24-19-8-4-5-9-20(19)30-23)25-10-12-26(13-11-25)22(28)18-14-17(18)16-6-2-1-3-7-16/h1-9,17-18H,10-15H2/t17-,18-/m1/s1. The Balaban J connectivity index is 1.10. The quantitative estimate of drug-likeness (QED) is 0.569. The van der Waals surface area contributed by atoms with Gasteiger partial charge in [0.15, 0.2) is 4.34 Å². The molecule has 5 rings (SSSR count). The number of piperazine rings is 1. The Kier molecular flexibility index (Phi) is 5.48. The summed E-state index contributed by atoms with van der Waals surface area (Å²) < 4.78 is 2.08. The summed E-state index contributed by atoms with van der Waals surface area (Å²) in [4.78, 5) is 33.9. The van der Waals surface area contributed by atoms with Crippen LogP contribution in [0.1, 0.15) is 17.9 Å². The number of hydrogen-bond donors (Lipinski definition) is 0. The van der Waals surface area contributed by atoms with Gasteiger partial charge < -0.3 is 9.80 Å². The maximum absolute atomic E-state index is 12.8. The van der Waals surface area contributed by atoms with Crippen LogP contribution in [-0.4, -0.2) is 58.5 Å². The monoisotopic (exact) mass is 437 g/mol. The number of para-hydroxylation sites is 1. The van der Waals surface area contributed by atoms with Crippen molar-refractivity contribution >= 4 is 45.1 Å². The minimum atomic E-state index is 0.115. The molecule has 5 nitrogen and oxygen atoms in total. The zero-order valence-electron chi connectivity index (χ0n) is 16.6. The number of hydrogen-bond acceptors (Lipinski definition) is 5. The van der Waals surface area contributed by atoms with Crippen LogP contribution in [0.2, 0.25) is 0 Å². The fourth-order valence-electron chi connectivity index (χ4n) is 4.07. The van der Waals surface area contributed by atoms with Crippen molar-refractivity contribution in [3.63, 3.8) is 0 Å². The van der Waals surface area contributed by atoms with Crippen molar-refractivity contribution in [3.8, 4) is 0 Å². The number of carbonyl (C=O) groups is 2. The highest BCUT2D eigenvalue weighted by atomic mass is 32.2. The Morgan fingerprint density at radius 1 is 0.967 bits per heavy atom. The highest BCUT2D eigenvalue weighted by molar-refractivity contribution is 8.01. The second kappa shape index (κ2) is 8.40. The normalized spacial score (nSPS) is 21.1.